The first-order chi connectivity index (χ1) is 6.09. The van der Waals surface area contributed by atoms with Crippen molar-refractivity contribution in [1.29, 1.82) is 0 Å². The summed E-state index contributed by atoms with van der Waals surface area (Å²) in [5, 5.41) is 10.9. The summed E-state index contributed by atoms with van der Waals surface area (Å²) in [6.07, 6.45) is 2.73. The highest BCUT2D eigenvalue weighted by Gasteiger charge is 2.24. The first kappa shape index (κ1) is 9.98. The molecule has 1 amide bonds. The highest BCUT2D eigenvalue weighted by Crippen LogP contribution is 2.31. The number of hydrogen-bond donors (Lipinski definition) is 3. The fraction of sp³-hybridized carbons (Fsp3) is 0.750. The normalized spacial score (nSPS) is 17.9. The fourth-order valence-corrected chi connectivity index (χ4v) is 0.967. The lowest BCUT2D eigenvalue weighted by atomic mass is 10.2. The number of aliphatic carboxylic acids is 1. The Labute approximate surface area is 76.3 Å². The molecule has 4 N–H and O–H groups in total. The van der Waals surface area contributed by atoms with Crippen molar-refractivity contribution in [2.45, 2.75) is 25.3 Å². The average molecular weight is 186 g/mol. The zero-order valence-electron chi connectivity index (χ0n) is 7.32. The predicted molar refractivity (Wildman–Crippen MR) is 46.0 cm³/mol. The Kier molecular flexibility index (Phi) is 3.25. The molecular weight excluding hydrogens is 172 g/mol. The van der Waals surface area contributed by atoms with Crippen LogP contribution < -0.4 is 11.1 Å². The first-order valence-corrected chi connectivity index (χ1v) is 4.34. The van der Waals surface area contributed by atoms with E-state index in [4.69, 9.17) is 10.8 Å². The van der Waals surface area contributed by atoms with E-state index in [-0.39, 0.29) is 12.5 Å². The number of nitrogens with one attached hydrogen (secondary N) is 1. The smallest absolute Gasteiger partial charge is 0.322 e. The van der Waals surface area contributed by atoms with Crippen LogP contribution in [0.5, 0.6) is 0 Å². The van der Waals surface area contributed by atoms with Crippen molar-refractivity contribution < 1.29 is 14.7 Å². The van der Waals surface area contributed by atoms with Gasteiger partial charge in [-0.05, 0) is 18.8 Å². The van der Waals surface area contributed by atoms with Crippen LogP contribution in [-0.2, 0) is 9.59 Å². The SMILES string of the molecule is NC(CNC(=O)CC1CC1)C(=O)O. The third-order valence-electron chi connectivity index (χ3n) is 2.01. The maximum absolute atomic E-state index is 11.1. The molecule has 0 aromatic carbocycles. The average Bonchev–Trinajstić information content (AvgIpc) is 2.83. The lowest BCUT2D eigenvalue weighted by molar-refractivity contribution is -0.138. The summed E-state index contributed by atoms with van der Waals surface area (Å²) >= 11 is 0. The van der Waals surface area contributed by atoms with Gasteiger partial charge in [0.25, 0.3) is 0 Å². The van der Waals surface area contributed by atoms with E-state index >= 15 is 0 Å². The van der Waals surface area contributed by atoms with E-state index in [1.54, 1.807) is 0 Å². The molecule has 1 atom stereocenters. The van der Waals surface area contributed by atoms with Gasteiger partial charge < -0.3 is 16.2 Å². The van der Waals surface area contributed by atoms with Crippen LogP contribution in [0, 0.1) is 5.92 Å². The summed E-state index contributed by atoms with van der Waals surface area (Å²) in [5.41, 5.74) is 5.20. The Bertz CT molecular complexity index is 213. The van der Waals surface area contributed by atoms with Crippen LogP contribution in [-0.4, -0.2) is 29.6 Å². The molecule has 74 valence electrons. The minimum absolute atomic E-state index is 0.0148. The molecule has 1 rings (SSSR count). The van der Waals surface area contributed by atoms with Crippen LogP contribution >= 0.6 is 0 Å². The molecule has 1 aliphatic carbocycles. The molecule has 0 radical (unpaired) electrons. The van der Waals surface area contributed by atoms with Crippen molar-refractivity contribution in [3.63, 3.8) is 0 Å². The number of carbonyl (C=O) groups excluding carboxylic acids is 1. The maximum Gasteiger partial charge on any atom is 0.322 e. The third kappa shape index (κ3) is 3.89. The van der Waals surface area contributed by atoms with Gasteiger partial charge in [-0.3, -0.25) is 9.59 Å². The fourth-order valence-electron chi connectivity index (χ4n) is 0.967. The number of carboxylic acid groups (broad SMARTS) is 1. The minimum atomic E-state index is -1.09. The second-order valence-corrected chi connectivity index (χ2v) is 3.40. The van der Waals surface area contributed by atoms with Crippen molar-refractivity contribution in [3.8, 4) is 0 Å². The third-order valence-corrected chi connectivity index (χ3v) is 2.01. The molecule has 0 spiro atoms. The first-order valence-electron chi connectivity index (χ1n) is 4.34. The number of amides is 1. The van der Waals surface area contributed by atoms with Crippen molar-refractivity contribution in [3.05, 3.63) is 0 Å². The molecule has 0 aromatic heterocycles. The lowest BCUT2D eigenvalue weighted by Gasteiger charge is -2.07. The Morgan fingerprint density at radius 1 is 1.54 bits per heavy atom. The topological polar surface area (TPSA) is 92.4 Å². The van der Waals surface area contributed by atoms with E-state index in [0.29, 0.717) is 12.3 Å². The molecule has 5 nitrogen and oxygen atoms in total. The van der Waals surface area contributed by atoms with Gasteiger partial charge in [-0.25, -0.2) is 0 Å². The van der Waals surface area contributed by atoms with Gasteiger partial charge >= 0.3 is 5.97 Å². The highest BCUT2D eigenvalue weighted by atomic mass is 16.4. The molecule has 0 aromatic rings. The number of rotatable bonds is 5. The van der Waals surface area contributed by atoms with Crippen molar-refractivity contribution in [2.75, 3.05) is 6.54 Å². The van der Waals surface area contributed by atoms with E-state index in [0.717, 1.165) is 12.8 Å². The van der Waals surface area contributed by atoms with E-state index in [1.165, 1.54) is 0 Å². The zero-order valence-corrected chi connectivity index (χ0v) is 7.32. The quantitative estimate of drug-likeness (QED) is 0.530. The summed E-state index contributed by atoms with van der Waals surface area (Å²) in [5.74, 6) is -0.674. The van der Waals surface area contributed by atoms with E-state index in [1.807, 2.05) is 0 Å². The van der Waals surface area contributed by atoms with Crippen LogP contribution in [0.1, 0.15) is 19.3 Å². The van der Waals surface area contributed by atoms with Gasteiger partial charge in [0.15, 0.2) is 0 Å². The summed E-state index contributed by atoms with van der Waals surface area (Å²) in [6, 6.07) is -0.997. The zero-order chi connectivity index (χ0) is 9.84. The van der Waals surface area contributed by atoms with Gasteiger partial charge in [-0.15, -0.1) is 0 Å². The van der Waals surface area contributed by atoms with Crippen LogP contribution in [0.2, 0.25) is 0 Å². The van der Waals surface area contributed by atoms with Gasteiger partial charge in [0.05, 0.1) is 0 Å². The Morgan fingerprint density at radius 3 is 2.62 bits per heavy atom. The van der Waals surface area contributed by atoms with Crippen LogP contribution in [0.15, 0.2) is 0 Å². The Balaban J connectivity index is 2.09. The summed E-state index contributed by atoms with van der Waals surface area (Å²) in [6.45, 7) is 0.0148. The summed E-state index contributed by atoms with van der Waals surface area (Å²) < 4.78 is 0. The Hall–Kier alpha value is -1.10. The molecule has 1 unspecified atom stereocenters. The molecule has 0 bridgehead atoms. The number of nitrogens with two attached hydrogens (primary N) is 1. The summed E-state index contributed by atoms with van der Waals surface area (Å²) in [4.78, 5) is 21.3. The molecule has 0 heterocycles. The van der Waals surface area contributed by atoms with Gasteiger partial charge in [0, 0.05) is 13.0 Å². The maximum atomic E-state index is 11.1. The summed E-state index contributed by atoms with van der Waals surface area (Å²) in [7, 11) is 0. The largest absolute Gasteiger partial charge is 0.480 e. The highest BCUT2D eigenvalue weighted by molar-refractivity contribution is 5.78. The van der Waals surface area contributed by atoms with Crippen molar-refractivity contribution in [2.24, 2.45) is 11.7 Å². The Morgan fingerprint density at radius 2 is 2.15 bits per heavy atom. The van der Waals surface area contributed by atoms with E-state index < -0.39 is 12.0 Å². The van der Waals surface area contributed by atoms with Crippen molar-refractivity contribution in [1.82, 2.24) is 5.32 Å². The second-order valence-electron chi connectivity index (χ2n) is 3.40. The number of carboxylic acids is 1. The van der Waals surface area contributed by atoms with E-state index in [2.05, 4.69) is 5.32 Å². The molecule has 0 saturated heterocycles. The number of carbonyl (C=O) groups is 2. The van der Waals surface area contributed by atoms with Gasteiger partial charge in [-0.1, -0.05) is 0 Å². The van der Waals surface area contributed by atoms with Gasteiger partial charge in [-0.2, -0.15) is 0 Å². The molecule has 13 heavy (non-hydrogen) atoms. The van der Waals surface area contributed by atoms with Crippen LogP contribution in [0.3, 0.4) is 0 Å². The molecule has 1 fully saturated rings. The van der Waals surface area contributed by atoms with Crippen LogP contribution in [0.25, 0.3) is 0 Å². The molecule has 5 heteroatoms. The second kappa shape index (κ2) is 4.23. The predicted octanol–water partition coefficient (Wildman–Crippen LogP) is -0.685. The van der Waals surface area contributed by atoms with Gasteiger partial charge in [0.2, 0.25) is 5.91 Å². The molecule has 0 aliphatic heterocycles. The molecule has 1 aliphatic rings. The monoisotopic (exact) mass is 186 g/mol. The van der Waals surface area contributed by atoms with Gasteiger partial charge in [0.1, 0.15) is 6.04 Å². The minimum Gasteiger partial charge on any atom is -0.480 e. The van der Waals surface area contributed by atoms with E-state index in [9.17, 15) is 9.59 Å². The number of hydrogen-bond acceptors (Lipinski definition) is 3. The lowest BCUT2D eigenvalue weighted by Crippen LogP contribution is -2.42. The van der Waals surface area contributed by atoms with Crippen molar-refractivity contribution >= 4 is 11.9 Å². The van der Waals surface area contributed by atoms with Crippen LogP contribution in [0.4, 0.5) is 0 Å². The molecule has 1 saturated carbocycles. The standard InChI is InChI=1S/C8H14N2O3/c9-6(8(12)13)4-10-7(11)3-5-1-2-5/h5-6H,1-4,9H2,(H,10,11)(H,12,13). The molecular formula is C8H14N2O3.